The molecule has 0 radical (unpaired) electrons. The van der Waals surface area contributed by atoms with E-state index in [9.17, 15) is 0 Å². The van der Waals surface area contributed by atoms with Crippen molar-refractivity contribution in [3.8, 4) is 22.3 Å². The Labute approximate surface area is 421 Å². The fourth-order valence-corrected chi connectivity index (χ4v) is 12.6. The summed E-state index contributed by atoms with van der Waals surface area (Å²) in [6, 6.07) is 56.0. The van der Waals surface area contributed by atoms with E-state index in [0.717, 1.165) is 38.7 Å². The topological polar surface area (TPSA) is 15.3 Å². The van der Waals surface area contributed by atoms with Gasteiger partial charge in [-0.3, -0.25) is 0 Å². The predicted octanol–water partition coefficient (Wildman–Crippen LogP) is 17.1. The number of anilines is 4. The molecule has 0 saturated heterocycles. The molecule has 70 heavy (non-hydrogen) atoms. The highest BCUT2D eigenvalue weighted by atomic mass is 15.2. The first-order valence-corrected chi connectivity index (χ1v) is 26.3. The van der Waals surface area contributed by atoms with Crippen LogP contribution < -0.4 is 15.7 Å². The highest BCUT2D eigenvalue weighted by Gasteiger charge is 2.46. The van der Waals surface area contributed by atoms with Crippen LogP contribution in [-0.4, -0.2) is 7.28 Å². The van der Waals surface area contributed by atoms with Crippen molar-refractivity contribution in [3.05, 3.63) is 213 Å². The molecule has 0 fully saturated rings. The van der Waals surface area contributed by atoms with Crippen LogP contribution in [0, 0.1) is 26.7 Å². The van der Waals surface area contributed by atoms with E-state index in [2.05, 4.69) is 238 Å². The number of nitrogens with one attached hydrogen (secondary N) is 1. The summed E-state index contributed by atoms with van der Waals surface area (Å²) in [5.74, 6) is 0.195. The van der Waals surface area contributed by atoms with E-state index < -0.39 is 0 Å². The predicted molar refractivity (Wildman–Crippen MR) is 304 cm³/mol. The largest absolute Gasteiger partial charge is 0.355 e. The Morgan fingerprint density at radius 2 is 1.37 bits per heavy atom. The smallest absolute Gasteiger partial charge is 0.198 e. The minimum absolute atomic E-state index is 0.0185. The van der Waals surface area contributed by atoms with Gasteiger partial charge in [-0.1, -0.05) is 187 Å². The maximum absolute atomic E-state index is 4.13. The molecule has 1 heterocycles. The first-order chi connectivity index (χ1) is 33.6. The first-order valence-electron chi connectivity index (χ1n) is 26.3. The number of benzene rings is 7. The Kier molecular flexibility index (Phi) is 12.5. The lowest BCUT2D eigenvalue weighted by Crippen LogP contribution is -2.39. The fraction of sp³-hybridized carbons (Fsp3) is 0.313. The van der Waals surface area contributed by atoms with Gasteiger partial charge in [-0.15, -0.1) is 0 Å². The van der Waals surface area contributed by atoms with Crippen molar-refractivity contribution in [2.45, 2.75) is 131 Å². The molecule has 1 unspecified atom stereocenters. The Bertz CT molecular complexity index is 3180. The summed E-state index contributed by atoms with van der Waals surface area (Å²) in [5, 5.41) is 4.13. The van der Waals surface area contributed by atoms with Crippen molar-refractivity contribution in [3.63, 3.8) is 0 Å². The van der Waals surface area contributed by atoms with Crippen LogP contribution >= 0.6 is 0 Å². The van der Waals surface area contributed by atoms with Crippen LogP contribution in [0.4, 0.5) is 22.7 Å². The SMILES string of the molecule is C/C=C1\C(=C(\c2cc3c(cc2Nc2ccc(C)cc2)C(C)(C)CCC3(C)C)C2Cc3ccccc3C2(C)C)Bc2ccc(C)c(-c3ccccc3C)c2N1c1ccc(CCCC)cc1-c1ccccc1. The highest BCUT2D eigenvalue weighted by molar-refractivity contribution is 6.67. The molecule has 0 bridgehead atoms. The molecule has 1 atom stereocenters. The number of fused-ring (bicyclic) bond motifs is 3. The van der Waals surface area contributed by atoms with Crippen molar-refractivity contribution in [2.75, 3.05) is 10.2 Å². The van der Waals surface area contributed by atoms with Crippen molar-refractivity contribution >= 4 is 41.1 Å². The Balaban J connectivity index is 1.35. The zero-order valence-corrected chi connectivity index (χ0v) is 43.9. The van der Waals surface area contributed by atoms with Gasteiger partial charge in [0, 0.05) is 39.4 Å². The van der Waals surface area contributed by atoms with Gasteiger partial charge in [0.25, 0.3) is 0 Å². The summed E-state index contributed by atoms with van der Waals surface area (Å²) < 4.78 is 0. The van der Waals surface area contributed by atoms with Crippen LogP contribution in [0.15, 0.2) is 163 Å². The molecular formula is C67H73BN2. The third kappa shape index (κ3) is 8.38. The molecule has 1 N–H and O–H groups in total. The molecule has 3 heteroatoms. The summed E-state index contributed by atoms with van der Waals surface area (Å²) in [5.41, 5.74) is 27.8. The van der Waals surface area contributed by atoms with Gasteiger partial charge in [-0.05, 0) is 174 Å². The second-order valence-corrected chi connectivity index (χ2v) is 22.8. The first kappa shape index (κ1) is 47.4. The van der Waals surface area contributed by atoms with Crippen molar-refractivity contribution in [2.24, 2.45) is 5.92 Å². The van der Waals surface area contributed by atoms with E-state index in [-0.39, 0.29) is 22.2 Å². The molecule has 354 valence electrons. The van der Waals surface area contributed by atoms with Gasteiger partial charge in [0.15, 0.2) is 7.28 Å². The lowest BCUT2D eigenvalue weighted by atomic mass is 9.53. The second-order valence-electron chi connectivity index (χ2n) is 22.8. The minimum atomic E-state index is -0.148. The van der Waals surface area contributed by atoms with Crippen LogP contribution in [-0.2, 0) is 29.1 Å². The van der Waals surface area contributed by atoms with Gasteiger partial charge >= 0.3 is 0 Å². The summed E-state index contributed by atoms with van der Waals surface area (Å²) in [4.78, 5) is 2.71. The highest BCUT2D eigenvalue weighted by Crippen LogP contribution is 2.56. The van der Waals surface area contributed by atoms with E-state index in [4.69, 9.17) is 0 Å². The molecule has 2 nitrogen and oxygen atoms in total. The standard InChI is InChI=1S/C67H73BN2/c1-12-14-23-46-32-36-60(51(39-46)47-24-16-15-17-25-47)70-59(13-2)63(68-57-35-31-45(5)61(64(57)70)50-27-20-18-22-44(50)4)62(56-40-48-26-19-21-28-53(48)67(56,10)11)52-41-54-55(66(8,9)38-37-65(54,6)7)42-58(52)69-49-33-29-43(3)30-34-49/h13,15-22,24-36,39,41-42,56,68-69H,12,14,23,37-38,40H2,1-11H3/b59-13+,63-62+. The maximum Gasteiger partial charge on any atom is 0.198 e. The Hall–Kier alpha value is -6.32. The van der Waals surface area contributed by atoms with Crippen LogP contribution in [0.25, 0.3) is 27.8 Å². The number of unbranched alkanes of at least 4 members (excludes halogenated alkanes) is 1. The molecule has 10 rings (SSSR count). The van der Waals surface area contributed by atoms with E-state index in [0.29, 0.717) is 0 Å². The van der Waals surface area contributed by atoms with Gasteiger partial charge < -0.3 is 10.2 Å². The molecule has 0 aromatic heterocycles. The number of nitrogens with zero attached hydrogens (tertiary/aromatic N) is 1. The summed E-state index contributed by atoms with van der Waals surface area (Å²) in [7, 11) is 0.814. The van der Waals surface area contributed by atoms with Gasteiger partial charge in [0.05, 0.1) is 5.69 Å². The normalized spacial score (nSPS) is 18.7. The van der Waals surface area contributed by atoms with Crippen molar-refractivity contribution < 1.29 is 0 Å². The average molecular weight is 917 g/mol. The maximum atomic E-state index is 4.13. The summed E-state index contributed by atoms with van der Waals surface area (Å²) in [6.07, 6.45) is 9.14. The lowest BCUT2D eigenvalue weighted by molar-refractivity contribution is 0.332. The average Bonchev–Trinajstić information content (AvgIpc) is 3.62. The Morgan fingerprint density at radius 3 is 2.07 bits per heavy atom. The minimum Gasteiger partial charge on any atom is -0.355 e. The van der Waals surface area contributed by atoms with Gasteiger partial charge in [-0.2, -0.15) is 0 Å². The molecule has 3 aliphatic rings. The van der Waals surface area contributed by atoms with Crippen molar-refractivity contribution in [1.82, 2.24) is 0 Å². The van der Waals surface area contributed by atoms with E-state index >= 15 is 0 Å². The van der Waals surface area contributed by atoms with E-state index in [1.165, 1.54) is 124 Å². The number of hydrogen-bond acceptors (Lipinski definition) is 2. The van der Waals surface area contributed by atoms with Crippen LogP contribution in [0.2, 0.25) is 0 Å². The molecule has 1 aliphatic heterocycles. The lowest BCUT2D eigenvalue weighted by Gasteiger charge is -2.44. The van der Waals surface area contributed by atoms with E-state index in [1.807, 2.05) is 0 Å². The second kappa shape index (κ2) is 18.5. The quantitative estimate of drug-likeness (QED) is 0.138. The van der Waals surface area contributed by atoms with E-state index in [1.54, 1.807) is 0 Å². The van der Waals surface area contributed by atoms with Crippen LogP contribution in [0.3, 0.4) is 0 Å². The third-order valence-electron chi connectivity index (χ3n) is 16.8. The molecule has 0 saturated carbocycles. The Morgan fingerprint density at radius 1 is 0.686 bits per heavy atom. The third-order valence-corrected chi connectivity index (χ3v) is 16.8. The van der Waals surface area contributed by atoms with Gasteiger partial charge in [-0.25, -0.2) is 0 Å². The zero-order valence-electron chi connectivity index (χ0n) is 43.9. The van der Waals surface area contributed by atoms with Gasteiger partial charge in [0.1, 0.15) is 0 Å². The molecule has 2 aliphatic carbocycles. The van der Waals surface area contributed by atoms with Crippen LogP contribution in [0.1, 0.15) is 131 Å². The zero-order chi connectivity index (χ0) is 49.1. The molecule has 7 aromatic rings. The molecule has 0 spiro atoms. The number of aryl methyl sites for hydroxylation is 4. The number of allylic oxidation sites excluding steroid dienone is 3. The van der Waals surface area contributed by atoms with Crippen molar-refractivity contribution in [1.29, 1.82) is 0 Å². The summed E-state index contributed by atoms with van der Waals surface area (Å²) >= 11 is 0. The van der Waals surface area contributed by atoms with Crippen LogP contribution in [0.5, 0.6) is 0 Å². The summed E-state index contributed by atoms with van der Waals surface area (Å²) in [6.45, 7) is 26.3. The molecule has 0 amide bonds. The number of rotatable bonds is 10. The fourth-order valence-electron chi connectivity index (χ4n) is 12.6. The molecular weight excluding hydrogens is 844 g/mol. The van der Waals surface area contributed by atoms with Gasteiger partial charge in [0.2, 0.25) is 0 Å². The number of hydrogen-bond donors (Lipinski definition) is 1. The molecule has 7 aromatic carbocycles. The monoisotopic (exact) mass is 917 g/mol.